The highest BCUT2D eigenvalue weighted by molar-refractivity contribution is 8.15. The van der Waals surface area contributed by atoms with Crippen LogP contribution < -0.4 is 10.1 Å². The van der Waals surface area contributed by atoms with Crippen molar-refractivity contribution in [3.05, 3.63) is 64.2 Å². The predicted octanol–water partition coefficient (Wildman–Crippen LogP) is 5.70. The molecule has 0 spiro atoms. The quantitative estimate of drug-likeness (QED) is 0.297. The molecule has 10 heteroatoms. The van der Waals surface area contributed by atoms with E-state index in [1.807, 2.05) is 24.3 Å². The van der Waals surface area contributed by atoms with Crippen molar-refractivity contribution in [2.45, 2.75) is 37.6 Å². The van der Waals surface area contributed by atoms with Crippen LogP contribution in [-0.2, 0) is 17.4 Å². The van der Waals surface area contributed by atoms with Crippen LogP contribution in [0.2, 0.25) is 5.02 Å². The smallest absolute Gasteiger partial charge is 0.417 e. The van der Waals surface area contributed by atoms with Crippen LogP contribution in [0.1, 0.15) is 36.5 Å². The molecule has 1 atom stereocenters. The lowest BCUT2D eigenvalue weighted by atomic mass is 10.1. The molecule has 1 N–H and O–H groups in total. The summed E-state index contributed by atoms with van der Waals surface area (Å²) in [4.78, 5) is 12.2. The lowest BCUT2D eigenvalue weighted by Gasteiger charge is -2.12. The molecule has 1 amide bonds. The first-order valence-electron chi connectivity index (χ1n) is 9.94. The zero-order chi connectivity index (χ0) is 23.1. The molecule has 2 aromatic carbocycles. The molecule has 32 heavy (non-hydrogen) atoms. The fourth-order valence-electron chi connectivity index (χ4n) is 2.91. The van der Waals surface area contributed by atoms with E-state index in [-0.39, 0.29) is 22.5 Å². The fourth-order valence-corrected chi connectivity index (χ4v) is 4.10. The molecule has 0 saturated carbocycles. The number of nitrogens with one attached hydrogen (secondary N) is 1. The van der Waals surface area contributed by atoms with Crippen molar-refractivity contribution in [3.8, 4) is 5.75 Å². The monoisotopic (exact) mass is 483 g/mol. The minimum atomic E-state index is -4.56. The van der Waals surface area contributed by atoms with E-state index in [0.29, 0.717) is 17.9 Å². The molecule has 5 nitrogen and oxygen atoms in total. The first-order chi connectivity index (χ1) is 15.3. The molecule has 1 heterocycles. The molecule has 1 aliphatic rings. The minimum Gasteiger partial charge on any atom is -0.493 e. The molecule has 1 unspecified atom stereocenters. The SMILES string of the molecule is CCCCOc1ccccc1/C=N/N=C1\NC(=O)C(Cc2ccc(Cl)c(C(F)(F)F)c2)S1. The van der Waals surface area contributed by atoms with Crippen LogP contribution in [0.25, 0.3) is 0 Å². The van der Waals surface area contributed by atoms with Crippen molar-refractivity contribution in [2.75, 3.05) is 6.61 Å². The summed E-state index contributed by atoms with van der Waals surface area (Å²) in [6, 6.07) is 11.0. The molecular formula is C22H21ClF3N3O2S. The number of benzene rings is 2. The standard InChI is InChI=1S/C22H21ClF3N3O2S/c1-2-3-10-31-18-7-5-4-6-15(18)13-27-29-21-28-20(30)19(32-21)12-14-8-9-17(23)16(11-14)22(24,25)26/h4-9,11,13,19H,2-3,10,12H2,1H3,(H,28,29,30)/b27-13+. The van der Waals surface area contributed by atoms with E-state index >= 15 is 0 Å². The number of hydrogen-bond donors (Lipinski definition) is 1. The number of alkyl halides is 3. The van der Waals surface area contributed by atoms with Gasteiger partial charge in [0.2, 0.25) is 5.91 Å². The van der Waals surface area contributed by atoms with Gasteiger partial charge in [0, 0.05) is 5.56 Å². The lowest BCUT2D eigenvalue weighted by Crippen LogP contribution is -2.26. The summed E-state index contributed by atoms with van der Waals surface area (Å²) in [6.07, 6.45) is -0.960. The van der Waals surface area contributed by atoms with Gasteiger partial charge in [-0.1, -0.05) is 54.9 Å². The van der Waals surface area contributed by atoms with Crippen LogP contribution >= 0.6 is 23.4 Å². The molecule has 0 aromatic heterocycles. The van der Waals surface area contributed by atoms with Gasteiger partial charge < -0.3 is 10.1 Å². The number of hydrogen-bond acceptors (Lipinski definition) is 5. The Morgan fingerprint density at radius 3 is 2.78 bits per heavy atom. The number of ether oxygens (including phenoxy) is 1. The van der Waals surface area contributed by atoms with Crippen molar-refractivity contribution >= 4 is 40.7 Å². The summed E-state index contributed by atoms with van der Waals surface area (Å²) in [5.41, 5.74) is 0.190. The van der Waals surface area contributed by atoms with Gasteiger partial charge in [-0.05, 0) is 42.7 Å². The Bertz CT molecular complexity index is 1030. The number of thioether (sulfide) groups is 1. The number of carbonyl (C=O) groups excluding carboxylic acids is 1. The van der Waals surface area contributed by atoms with E-state index in [1.54, 1.807) is 0 Å². The Balaban J connectivity index is 1.65. The third-order valence-electron chi connectivity index (χ3n) is 4.55. The second-order valence-electron chi connectivity index (χ2n) is 7.00. The summed E-state index contributed by atoms with van der Waals surface area (Å²) in [5.74, 6) is 0.352. The molecule has 0 bridgehead atoms. The molecule has 1 aliphatic heterocycles. The van der Waals surface area contributed by atoms with E-state index in [2.05, 4.69) is 22.4 Å². The third-order valence-corrected chi connectivity index (χ3v) is 5.96. The van der Waals surface area contributed by atoms with Gasteiger partial charge in [0.25, 0.3) is 0 Å². The van der Waals surface area contributed by atoms with Crippen molar-refractivity contribution in [1.29, 1.82) is 0 Å². The molecular weight excluding hydrogens is 463 g/mol. The summed E-state index contributed by atoms with van der Waals surface area (Å²) in [5, 5.41) is 9.95. The van der Waals surface area contributed by atoms with Gasteiger partial charge in [-0.25, -0.2) is 0 Å². The molecule has 2 aromatic rings. The molecule has 170 valence electrons. The normalized spacial score (nSPS) is 17.8. The van der Waals surface area contributed by atoms with Crippen molar-refractivity contribution in [1.82, 2.24) is 5.32 Å². The Morgan fingerprint density at radius 2 is 2.03 bits per heavy atom. The number of amides is 1. The van der Waals surface area contributed by atoms with Gasteiger partial charge in [0.05, 0.1) is 28.7 Å². The van der Waals surface area contributed by atoms with Crippen molar-refractivity contribution in [2.24, 2.45) is 10.2 Å². The molecule has 3 rings (SSSR count). The summed E-state index contributed by atoms with van der Waals surface area (Å²) in [7, 11) is 0. The van der Waals surface area contributed by atoms with Gasteiger partial charge in [0.1, 0.15) is 5.75 Å². The zero-order valence-electron chi connectivity index (χ0n) is 17.2. The second kappa shape index (κ2) is 10.9. The number of para-hydroxylation sites is 1. The maximum Gasteiger partial charge on any atom is 0.417 e. The average Bonchev–Trinajstić information content (AvgIpc) is 3.09. The molecule has 0 aliphatic carbocycles. The van der Waals surface area contributed by atoms with Gasteiger partial charge >= 0.3 is 6.18 Å². The first-order valence-corrected chi connectivity index (χ1v) is 11.2. The highest BCUT2D eigenvalue weighted by Gasteiger charge is 2.35. The van der Waals surface area contributed by atoms with E-state index in [4.69, 9.17) is 16.3 Å². The zero-order valence-corrected chi connectivity index (χ0v) is 18.7. The van der Waals surface area contributed by atoms with E-state index in [9.17, 15) is 18.0 Å². The average molecular weight is 484 g/mol. The lowest BCUT2D eigenvalue weighted by molar-refractivity contribution is -0.137. The molecule has 1 fully saturated rings. The molecule has 1 saturated heterocycles. The number of unbranched alkanes of at least 4 members (excludes halogenated alkanes) is 1. The first kappa shape index (κ1) is 24.1. The highest BCUT2D eigenvalue weighted by atomic mass is 35.5. The van der Waals surface area contributed by atoms with E-state index in [0.717, 1.165) is 36.2 Å². The Morgan fingerprint density at radius 1 is 1.25 bits per heavy atom. The van der Waals surface area contributed by atoms with Crippen LogP contribution in [0.4, 0.5) is 13.2 Å². The van der Waals surface area contributed by atoms with E-state index in [1.165, 1.54) is 18.3 Å². The van der Waals surface area contributed by atoms with Crippen LogP contribution in [0.15, 0.2) is 52.7 Å². The van der Waals surface area contributed by atoms with Crippen LogP contribution in [0.5, 0.6) is 5.75 Å². The number of amidine groups is 1. The fraction of sp³-hybridized carbons (Fsp3) is 0.318. The highest BCUT2D eigenvalue weighted by Crippen LogP contribution is 2.36. The minimum absolute atomic E-state index is 0.105. The Hall–Kier alpha value is -2.52. The Kier molecular flexibility index (Phi) is 8.20. The van der Waals surface area contributed by atoms with Gasteiger partial charge in [0.15, 0.2) is 5.17 Å². The number of rotatable bonds is 8. The van der Waals surface area contributed by atoms with E-state index < -0.39 is 17.0 Å². The predicted molar refractivity (Wildman–Crippen MR) is 122 cm³/mol. The van der Waals surface area contributed by atoms with Crippen LogP contribution in [-0.4, -0.2) is 29.1 Å². The van der Waals surface area contributed by atoms with Crippen molar-refractivity contribution in [3.63, 3.8) is 0 Å². The van der Waals surface area contributed by atoms with Gasteiger partial charge in [-0.15, -0.1) is 5.10 Å². The van der Waals surface area contributed by atoms with Crippen molar-refractivity contribution < 1.29 is 22.7 Å². The maximum atomic E-state index is 13.1. The van der Waals surface area contributed by atoms with Crippen LogP contribution in [0.3, 0.4) is 0 Å². The maximum absolute atomic E-state index is 13.1. The number of nitrogens with zero attached hydrogens (tertiary/aromatic N) is 2. The largest absolute Gasteiger partial charge is 0.493 e. The second-order valence-corrected chi connectivity index (χ2v) is 8.60. The Labute approximate surface area is 193 Å². The number of halogens is 4. The molecule has 0 radical (unpaired) electrons. The number of carbonyl (C=O) groups is 1. The van der Waals surface area contributed by atoms with Crippen LogP contribution in [0, 0.1) is 0 Å². The van der Waals surface area contributed by atoms with Gasteiger partial charge in [-0.2, -0.15) is 18.3 Å². The summed E-state index contributed by atoms with van der Waals surface area (Å²) >= 11 is 6.77. The summed E-state index contributed by atoms with van der Waals surface area (Å²) in [6.45, 7) is 2.68. The summed E-state index contributed by atoms with van der Waals surface area (Å²) < 4.78 is 44.9. The third kappa shape index (κ3) is 6.49. The van der Waals surface area contributed by atoms with Gasteiger partial charge in [-0.3, -0.25) is 4.79 Å². The topological polar surface area (TPSA) is 63.1 Å².